The highest BCUT2D eigenvalue weighted by atomic mass is 16.5. The van der Waals surface area contributed by atoms with E-state index in [1.807, 2.05) is 43.3 Å². The van der Waals surface area contributed by atoms with Crippen molar-refractivity contribution in [2.75, 3.05) is 24.6 Å². The summed E-state index contributed by atoms with van der Waals surface area (Å²) in [6, 6.07) is 11.6. The number of carbonyl (C=O) groups is 1. The monoisotopic (exact) mass is 351 g/mol. The van der Waals surface area contributed by atoms with Crippen LogP contribution < -0.4 is 4.90 Å². The second kappa shape index (κ2) is 7.15. The Morgan fingerprint density at radius 1 is 1.27 bits per heavy atom. The molecule has 6 nitrogen and oxygen atoms in total. The molecule has 6 heteroatoms. The fourth-order valence-corrected chi connectivity index (χ4v) is 3.44. The van der Waals surface area contributed by atoms with Gasteiger partial charge in [0.05, 0.1) is 24.3 Å². The maximum Gasteiger partial charge on any atom is 0.310 e. The third-order valence-electron chi connectivity index (χ3n) is 4.67. The molecule has 1 aliphatic heterocycles. The molecular weight excluding hydrogens is 330 g/mol. The van der Waals surface area contributed by atoms with E-state index in [9.17, 15) is 4.79 Å². The van der Waals surface area contributed by atoms with E-state index in [-0.39, 0.29) is 11.9 Å². The molecule has 4 rings (SSSR count). The number of para-hydroxylation sites is 1. The molecule has 3 aromatic rings. The van der Waals surface area contributed by atoms with E-state index in [0.717, 1.165) is 36.1 Å². The van der Waals surface area contributed by atoms with Crippen LogP contribution in [0, 0.1) is 5.92 Å². The lowest BCUT2D eigenvalue weighted by atomic mass is 9.98. The minimum absolute atomic E-state index is 0.121. The van der Waals surface area contributed by atoms with Crippen LogP contribution in [0.2, 0.25) is 0 Å². The van der Waals surface area contributed by atoms with Crippen molar-refractivity contribution in [3.8, 4) is 11.6 Å². The van der Waals surface area contributed by atoms with Crippen LogP contribution in [0.25, 0.3) is 22.5 Å². The molecule has 1 fully saturated rings. The molecule has 0 amide bonds. The van der Waals surface area contributed by atoms with Crippen LogP contribution >= 0.6 is 0 Å². The first-order valence-corrected chi connectivity index (χ1v) is 8.98. The van der Waals surface area contributed by atoms with Gasteiger partial charge in [0.2, 0.25) is 0 Å². The zero-order valence-electron chi connectivity index (χ0n) is 14.7. The van der Waals surface area contributed by atoms with Crippen LogP contribution in [0.4, 0.5) is 5.82 Å². The number of nitrogens with zero attached hydrogens (tertiary/aromatic N) is 3. The summed E-state index contributed by atoms with van der Waals surface area (Å²) in [5.41, 5.74) is 0.863. The number of carbonyl (C=O) groups excluding carboxylic acids is 1. The molecule has 0 N–H and O–H groups in total. The van der Waals surface area contributed by atoms with Crippen molar-refractivity contribution >= 4 is 22.7 Å². The van der Waals surface area contributed by atoms with Crippen molar-refractivity contribution in [3.63, 3.8) is 0 Å². The van der Waals surface area contributed by atoms with Crippen molar-refractivity contribution in [1.82, 2.24) is 9.97 Å². The molecule has 26 heavy (non-hydrogen) atoms. The molecule has 3 heterocycles. The summed E-state index contributed by atoms with van der Waals surface area (Å²) in [6.07, 6.45) is 3.40. The number of ether oxygens (including phenoxy) is 1. The Kier molecular flexibility index (Phi) is 4.56. The Morgan fingerprint density at radius 2 is 2.15 bits per heavy atom. The minimum Gasteiger partial charge on any atom is -0.466 e. The zero-order chi connectivity index (χ0) is 17.9. The molecule has 1 unspecified atom stereocenters. The third-order valence-corrected chi connectivity index (χ3v) is 4.67. The van der Waals surface area contributed by atoms with Crippen molar-refractivity contribution in [2.45, 2.75) is 19.8 Å². The van der Waals surface area contributed by atoms with Crippen LogP contribution in [0.5, 0.6) is 0 Å². The molecule has 2 aromatic heterocycles. The van der Waals surface area contributed by atoms with E-state index in [1.54, 1.807) is 6.26 Å². The van der Waals surface area contributed by atoms with Gasteiger partial charge in [-0.1, -0.05) is 12.1 Å². The number of rotatable bonds is 4. The molecule has 1 aromatic carbocycles. The van der Waals surface area contributed by atoms with Crippen LogP contribution in [0.15, 0.2) is 47.1 Å². The van der Waals surface area contributed by atoms with Gasteiger partial charge in [0.15, 0.2) is 11.6 Å². The zero-order valence-corrected chi connectivity index (χ0v) is 14.7. The van der Waals surface area contributed by atoms with Crippen molar-refractivity contribution in [2.24, 2.45) is 5.92 Å². The number of piperidine rings is 1. The molecule has 0 radical (unpaired) electrons. The van der Waals surface area contributed by atoms with Gasteiger partial charge in [-0.3, -0.25) is 4.79 Å². The summed E-state index contributed by atoms with van der Waals surface area (Å²) in [7, 11) is 0. The molecule has 134 valence electrons. The van der Waals surface area contributed by atoms with E-state index in [1.165, 1.54) is 0 Å². The molecular formula is C20H21N3O3. The van der Waals surface area contributed by atoms with E-state index < -0.39 is 0 Å². The predicted molar refractivity (Wildman–Crippen MR) is 98.8 cm³/mol. The lowest BCUT2D eigenvalue weighted by Gasteiger charge is -2.33. The number of hydrogen-bond acceptors (Lipinski definition) is 6. The average molecular weight is 351 g/mol. The van der Waals surface area contributed by atoms with Gasteiger partial charge >= 0.3 is 5.97 Å². The fourth-order valence-electron chi connectivity index (χ4n) is 3.44. The summed E-state index contributed by atoms with van der Waals surface area (Å²) in [6.45, 7) is 3.71. The SMILES string of the molecule is CCOC(=O)C1CCCN(c2nc(-c3ccco3)nc3ccccc23)C1. The molecule has 0 saturated carbocycles. The predicted octanol–water partition coefficient (Wildman–Crippen LogP) is 3.67. The molecule has 1 atom stereocenters. The largest absolute Gasteiger partial charge is 0.466 e. The maximum atomic E-state index is 12.2. The first-order valence-electron chi connectivity index (χ1n) is 8.98. The number of benzene rings is 1. The molecule has 0 aliphatic carbocycles. The van der Waals surface area contributed by atoms with Crippen LogP contribution in [0.3, 0.4) is 0 Å². The second-order valence-electron chi connectivity index (χ2n) is 6.40. The lowest BCUT2D eigenvalue weighted by molar-refractivity contribution is -0.148. The summed E-state index contributed by atoms with van der Waals surface area (Å²) in [5.74, 6) is 1.79. The summed E-state index contributed by atoms with van der Waals surface area (Å²) in [5, 5.41) is 0.979. The van der Waals surface area contributed by atoms with Gasteiger partial charge in [-0.15, -0.1) is 0 Å². The number of aromatic nitrogens is 2. The van der Waals surface area contributed by atoms with Crippen LogP contribution in [-0.4, -0.2) is 35.6 Å². The molecule has 0 bridgehead atoms. The Morgan fingerprint density at radius 3 is 2.96 bits per heavy atom. The Bertz CT molecular complexity index is 908. The Labute approximate surface area is 151 Å². The highest BCUT2D eigenvalue weighted by Gasteiger charge is 2.29. The average Bonchev–Trinajstić information content (AvgIpc) is 3.22. The second-order valence-corrected chi connectivity index (χ2v) is 6.40. The standard InChI is InChI=1S/C20H21N3O3/c1-2-25-20(24)14-7-5-11-23(13-14)19-15-8-3-4-9-16(15)21-18(22-19)17-10-6-12-26-17/h3-4,6,8-10,12,14H,2,5,7,11,13H2,1H3. The van der Waals surface area contributed by atoms with Crippen molar-refractivity contribution in [3.05, 3.63) is 42.7 Å². The Hall–Kier alpha value is -2.89. The highest BCUT2D eigenvalue weighted by molar-refractivity contribution is 5.91. The van der Waals surface area contributed by atoms with Gasteiger partial charge in [-0.2, -0.15) is 0 Å². The fraction of sp³-hybridized carbons (Fsp3) is 0.350. The lowest BCUT2D eigenvalue weighted by Crippen LogP contribution is -2.40. The number of hydrogen-bond donors (Lipinski definition) is 0. The summed E-state index contributed by atoms with van der Waals surface area (Å²) >= 11 is 0. The van der Waals surface area contributed by atoms with Crippen molar-refractivity contribution < 1.29 is 13.9 Å². The number of anilines is 1. The van der Waals surface area contributed by atoms with Gasteiger partial charge < -0.3 is 14.1 Å². The van der Waals surface area contributed by atoms with E-state index in [2.05, 4.69) is 9.88 Å². The van der Waals surface area contributed by atoms with Gasteiger partial charge in [-0.05, 0) is 44.0 Å². The van der Waals surface area contributed by atoms with Gasteiger partial charge in [0.1, 0.15) is 5.82 Å². The maximum absolute atomic E-state index is 12.2. The van der Waals surface area contributed by atoms with Crippen molar-refractivity contribution in [1.29, 1.82) is 0 Å². The number of fused-ring (bicyclic) bond motifs is 1. The van der Waals surface area contributed by atoms with Gasteiger partial charge in [0.25, 0.3) is 0 Å². The van der Waals surface area contributed by atoms with Crippen LogP contribution in [-0.2, 0) is 9.53 Å². The number of furan rings is 1. The van der Waals surface area contributed by atoms with Gasteiger partial charge in [-0.25, -0.2) is 9.97 Å². The summed E-state index contributed by atoms with van der Waals surface area (Å²) in [4.78, 5) is 23.8. The molecule has 1 aliphatic rings. The Balaban J connectivity index is 1.74. The minimum atomic E-state index is -0.123. The normalized spacial score (nSPS) is 17.4. The number of esters is 1. The molecule has 1 saturated heterocycles. The first kappa shape index (κ1) is 16.6. The van der Waals surface area contributed by atoms with Gasteiger partial charge in [0, 0.05) is 18.5 Å². The van der Waals surface area contributed by atoms with E-state index in [4.69, 9.17) is 14.1 Å². The van der Waals surface area contributed by atoms with Crippen LogP contribution in [0.1, 0.15) is 19.8 Å². The first-order chi connectivity index (χ1) is 12.8. The smallest absolute Gasteiger partial charge is 0.310 e. The quantitative estimate of drug-likeness (QED) is 0.668. The third kappa shape index (κ3) is 3.14. The van der Waals surface area contributed by atoms with E-state index >= 15 is 0 Å². The topological polar surface area (TPSA) is 68.5 Å². The highest BCUT2D eigenvalue weighted by Crippen LogP contribution is 2.31. The van der Waals surface area contributed by atoms with E-state index in [0.29, 0.717) is 24.7 Å². The molecule has 0 spiro atoms. The summed E-state index contributed by atoms with van der Waals surface area (Å²) < 4.78 is 10.7.